The highest BCUT2D eigenvalue weighted by molar-refractivity contribution is 5.93. The summed E-state index contributed by atoms with van der Waals surface area (Å²) in [6.45, 7) is 2.54. The number of hydrogen-bond donors (Lipinski definition) is 2. The van der Waals surface area contributed by atoms with Gasteiger partial charge in [-0.3, -0.25) is 14.3 Å². The molecule has 1 rings (SSSR count). The summed E-state index contributed by atoms with van der Waals surface area (Å²) in [5.74, 6) is -0.634. The molecule has 0 saturated heterocycles. The van der Waals surface area contributed by atoms with E-state index in [9.17, 15) is 9.59 Å². The van der Waals surface area contributed by atoms with E-state index < -0.39 is 5.97 Å². The maximum absolute atomic E-state index is 11.6. The van der Waals surface area contributed by atoms with Crippen LogP contribution in [0.2, 0.25) is 0 Å². The molecule has 100 valence electrons. The van der Waals surface area contributed by atoms with Crippen LogP contribution in [0.25, 0.3) is 0 Å². The standard InChI is InChI=1S/C12H19N3O3/c1-9(3-4-11(16)17)5-6-13-12(18)10-7-14-15(2)8-10/h7-9H,3-6H2,1-2H3,(H,13,18)(H,16,17). The molecule has 1 aromatic rings. The number of nitrogens with zero attached hydrogens (tertiary/aromatic N) is 2. The van der Waals surface area contributed by atoms with Gasteiger partial charge < -0.3 is 10.4 Å². The number of hydrogen-bond acceptors (Lipinski definition) is 3. The normalized spacial score (nSPS) is 12.1. The fourth-order valence-electron chi connectivity index (χ4n) is 1.59. The minimum absolute atomic E-state index is 0.145. The second kappa shape index (κ2) is 6.78. The number of carboxylic acids is 1. The largest absolute Gasteiger partial charge is 0.481 e. The van der Waals surface area contributed by atoms with Crippen molar-refractivity contribution in [1.29, 1.82) is 0 Å². The molecular weight excluding hydrogens is 234 g/mol. The summed E-state index contributed by atoms with van der Waals surface area (Å²) in [5, 5.41) is 15.3. The van der Waals surface area contributed by atoms with Crippen molar-refractivity contribution in [2.75, 3.05) is 6.54 Å². The lowest BCUT2D eigenvalue weighted by molar-refractivity contribution is -0.137. The molecule has 1 atom stereocenters. The maximum atomic E-state index is 11.6. The Morgan fingerprint density at radius 3 is 2.78 bits per heavy atom. The summed E-state index contributed by atoms with van der Waals surface area (Å²) in [6, 6.07) is 0. The Labute approximate surface area is 106 Å². The Kier molecular flexibility index (Phi) is 5.35. The molecule has 1 heterocycles. The summed E-state index contributed by atoms with van der Waals surface area (Å²) in [7, 11) is 1.75. The first-order valence-corrected chi connectivity index (χ1v) is 5.97. The Hall–Kier alpha value is -1.85. The second-order valence-corrected chi connectivity index (χ2v) is 4.48. The van der Waals surface area contributed by atoms with Crippen molar-refractivity contribution < 1.29 is 14.7 Å². The van der Waals surface area contributed by atoms with Crippen LogP contribution < -0.4 is 5.32 Å². The van der Waals surface area contributed by atoms with Gasteiger partial charge in [0, 0.05) is 26.2 Å². The van der Waals surface area contributed by atoms with Crippen molar-refractivity contribution in [2.45, 2.75) is 26.2 Å². The summed E-state index contributed by atoms with van der Waals surface area (Å²) in [4.78, 5) is 22.0. The van der Waals surface area contributed by atoms with Crippen molar-refractivity contribution >= 4 is 11.9 Å². The number of aromatic nitrogens is 2. The summed E-state index contributed by atoms with van der Waals surface area (Å²) >= 11 is 0. The van der Waals surface area contributed by atoms with E-state index >= 15 is 0 Å². The highest BCUT2D eigenvalue weighted by Crippen LogP contribution is 2.09. The van der Waals surface area contributed by atoms with Crippen molar-refractivity contribution in [3.8, 4) is 0 Å². The first kappa shape index (κ1) is 14.2. The predicted molar refractivity (Wildman–Crippen MR) is 66.2 cm³/mol. The van der Waals surface area contributed by atoms with E-state index in [1.165, 1.54) is 6.20 Å². The zero-order valence-electron chi connectivity index (χ0n) is 10.7. The van der Waals surface area contributed by atoms with Gasteiger partial charge in [0.15, 0.2) is 0 Å². The van der Waals surface area contributed by atoms with E-state index in [1.54, 1.807) is 17.9 Å². The number of aryl methyl sites for hydroxylation is 1. The van der Waals surface area contributed by atoms with E-state index in [0.29, 0.717) is 18.5 Å². The van der Waals surface area contributed by atoms with Crippen LogP contribution >= 0.6 is 0 Å². The Bertz CT molecular complexity index is 414. The number of carbonyl (C=O) groups excluding carboxylic acids is 1. The fourth-order valence-corrected chi connectivity index (χ4v) is 1.59. The van der Waals surface area contributed by atoms with Crippen molar-refractivity contribution in [3.63, 3.8) is 0 Å². The van der Waals surface area contributed by atoms with Crippen LogP contribution in [0.3, 0.4) is 0 Å². The fraction of sp³-hybridized carbons (Fsp3) is 0.583. The average Bonchev–Trinajstić information content (AvgIpc) is 2.73. The van der Waals surface area contributed by atoms with Gasteiger partial charge in [-0.2, -0.15) is 5.10 Å². The van der Waals surface area contributed by atoms with Gasteiger partial charge in [-0.15, -0.1) is 0 Å². The number of rotatable bonds is 7. The Morgan fingerprint density at radius 2 is 2.22 bits per heavy atom. The molecule has 0 spiro atoms. The van der Waals surface area contributed by atoms with E-state index in [-0.39, 0.29) is 18.2 Å². The molecule has 1 aromatic heterocycles. The molecule has 0 saturated carbocycles. The van der Waals surface area contributed by atoms with Crippen LogP contribution in [0.15, 0.2) is 12.4 Å². The molecule has 1 unspecified atom stereocenters. The van der Waals surface area contributed by atoms with Crippen LogP contribution in [-0.2, 0) is 11.8 Å². The van der Waals surface area contributed by atoms with Crippen LogP contribution in [0.5, 0.6) is 0 Å². The van der Waals surface area contributed by atoms with E-state index in [4.69, 9.17) is 5.11 Å². The van der Waals surface area contributed by atoms with Gasteiger partial charge in [0.05, 0.1) is 11.8 Å². The van der Waals surface area contributed by atoms with Crippen LogP contribution in [0.1, 0.15) is 36.5 Å². The lowest BCUT2D eigenvalue weighted by Crippen LogP contribution is -2.25. The molecular formula is C12H19N3O3. The average molecular weight is 253 g/mol. The van der Waals surface area contributed by atoms with Gasteiger partial charge in [-0.05, 0) is 18.8 Å². The highest BCUT2D eigenvalue weighted by Gasteiger charge is 2.09. The molecule has 0 fully saturated rings. The van der Waals surface area contributed by atoms with E-state index in [2.05, 4.69) is 10.4 Å². The van der Waals surface area contributed by atoms with Gasteiger partial charge in [0.2, 0.25) is 0 Å². The smallest absolute Gasteiger partial charge is 0.303 e. The number of carbonyl (C=O) groups is 2. The number of nitrogens with one attached hydrogen (secondary N) is 1. The molecule has 0 aliphatic heterocycles. The molecule has 6 nitrogen and oxygen atoms in total. The third kappa shape index (κ3) is 4.99. The van der Waals surface area contributed by atoms with Crippen molar-refractivity contribution in [3.05, 3.63) is 18.0 Å². The SMILES string of the molecule is CC(CCNC(=O)c1cnn(C)c1)CCC(=O)O. The maximum Gasteiger partial charge on any atom is 0.303 e. The quantitative estimate of drug-likeness (QED) is 0.760. The number of amides is 1. The van der Waals surface area contributed by atoms with Crippen LogP contribution in [0.4, 0.5) is 0 Å². The number of aliphatic carboxylic acids is 1. The summed E-state index contributed by atoms with van der Waals surface area (Å²) < 4.78 is 1.57. The zero-order valence-corrected chi connectivity index (χ0v) is 10.7. The monoisotopic (exact) mass is 253 g/mol. The van der Waals surface area contributed by atoms with E-state index in [1.807, 2.05) is 6.92 Å². The minimum Gasteiger partial charge on any atom is -0.481 e. The lowest BCUT2D eigenvalue weighted by Gasteiger charge is -2.10. The van der Waals surface area contributed by atoms with Crippen molar-refractivity contribution in [2.24, 2.45) is 13.0 Å². The summed E-state index contributed by atoms with van der Waals surface area (Å²) in [5.41, 5.74) is 0.538. The predicted octanol–water partition coefficient (Wildman–Crippen LogP) is 1.04. The van der Waals surface area contributed by atoms with Gasteiger partial charge in [-0.1, -0.05) is 6.92 Å². The van der Waals surface area contributed by atoms with Gasteiger partial charge in [0.25, 0.3) is 5.91 Å². The van der Waals surface area contributed by atoms with E-state index in [0.717, 1.165) is 6.42 Å². The molecule has 0 aliphatic carbocycles. The molecule has 0 bridgehead atoms. The van der Waals surface area contributed by atoms with Gasteiger partial charge >= 0.3 is 5.97 Å². The second-order valence-electron chi connectivity index (χ2n) is 4.48. The number of carboxylic acid groups (broad SMARTS) is 1. The molecule has 0 aromatic carbocycles. The van der Waals surface area contributed by atoms with Crippen LogP contribution in [-0.4, -0.2) is 33.3 Å². The Morgan fingerprint density at radius 1 is 1.50 bits per heavy atom. The van der Waals surface area contributed by atoms with Crippen LogP contribution in [0, 0.1) is 5.92 Å². The topological polar surface area (TPSA) is 84.2 Å². The zero-order chi connectivity index (χ0) is 13.5. The first-order chi connectivity index (χ1) is 8.49. The Balaban J connectivity index is 2.21. The van der Waals surface area contributed by atoms with Gasteiger partial charge in [-0.25, -0.2) is 0 Å². The third-order valence-electron chi connectivity index (χ3n) is 2.74. The van der Waals surface area contributed by atoms with Crippen molar-refractivity contribution in [1.82, 2.24) is 15.1 Å². The highest BCUT2D eigenvalue weighted by atomic mass is 16.4. The molecule has 0 radical (unpaired) electrons. The molecule has 18 heavy (non-hydrogen) atoms. The van der Waals surface area contributed by atoms with Gasteiger partial charge in [0.1, 0.15) is 0 Å². The first-order valence-electron chi connectivity index (χ1n) is 5.97. The summed E-state index contributed by atoms with van der Waals surface area (Å²) in [6.07, 6.45) is 4.77. The molecule has 1 amide bonds. The minimum atomic E-state index is -0.777. The molecule has 0 aliphatic rings. The third-order valence-corrected chi connectivity index (χ3v) is 2.74. The molecule has 6 heteroatoms. The molecule has 2 N–H and O–H groups in total. The lowest BCUT2D eigenvalue weighted by atomic mass is 10.0.